The summed E-state index contributed by atoms with van der Waals surface area (Å²) in [4.78, 5) is 0. The van der Waals surface area contributed by atoms with E-state index in [4.69, 9.17) is 0 Å². The quantitative estimate of drug-likeness (QED) is 0.354. The molecule has 1 aliphatic rings. The number of halogens is 1. The number of hydrogen-bond acceptors (Lipinski definition) is 1. The number of rotatable bonds is 6. The second-order valence-electron chi connectivity index (χ2n) is 10.5. The van der Waals surface area contributed by atoms with E-state index >= 15 is 0 Å². The predicted molar refractivity (Wildman–Crippen MR) is 154 cm³/mol. The zero-order valence-corrected chi connectivity index (χ0v) is 24.3. The van der Waals surface area contributed by atoms with Gasteiger partial charge >= 0.3 is 0 Å². The minimum absolute atomic E-state index is 0. The predicted octanol–water partition coefficient (Wildman–Crippen LogP) is 4.19. The van der Waals surface area contributed by atoms with E-state index in [1.165, 1.54) is 27.1 Å². The van der Waals surface area contributed by atoms with Gasteiger partial charge in [-0.15, -0.1) is 0 Å². The Kier molecular flexibility index (Phi) is 9.70. The average molecular weight is 562 g/mol. The first-order valence-electron chi connectivity index (χ1n) is 12.6. The third kappa shape index (κ3) is 6.17. The van der Waals surface area contributed by atoms with Crippen LogP contribution in [0, 0.1) is 11.3 Å². The lowest BCUT2D eigenvalue weighted by Crippen LogP contribution is -3.00. The molecule has 3 aromatic rings. The Morgan fingerprint density at radius 2 is 1.28 bits per heavy atom. The molecule has 188 valence electrons. The van der Waals surface area contributed by atoms with Gasteiger partial charge in [0.05, 0.1) is 11.9 Å². The number of hydrogen-bond donors (Lipinski definition) is 1. The molecule has 0 aliphatic heterocycles. The zero-order valence-electron chi connectivity index (χ0n) is 21.8. The summed E-state index contributed by atoms with van der Waals surface area (Å²) in [7, 11) is -1.98. The molecule has 0 unspecified atom stereocenters. The Hall–Kier alpha value is -2.25. The van der Waals surface area contributed by atoms with Crippen LogP contribution in [0.2, 0.25) is 0 Å². The van der Waals surface area contributed by atoms with Crippen LogP contribution in [-0.2, 0) is 0 Å². The normalized spacial score (nSPS) is 21.4. The third-order valence-corrected chi connectivity index (χ3v) is 11.2. The van der Waals surface area contributed by atoms with Crippen LogP contribution in [0.1, 0.15) is 40.5 Å². The SMILES string of the molecule is CC(C=C[P+](c1ccccc1)(c1ccccc1)c1ccccc1)=CC=C1[C@@H](C)C[C@@H](O)CC1(C)C.[Br-]. The second kappa shape index (κ2) is 12.3. The highest BCUT2D eigenvalue weighted by atomic mass is 79.9. The maximum absolute atomic E-state index is 10.3. The molecule has 3 heteroatoms. The van der Waals surface area contributed by atoms with E-state index in [9.17, 15) is 5.11 Å². The molecule has 1 nitrogen and oxygen atoms in total. The van der Waals surface area contributed by atoms with Gasteiger partial charge in [-0.2, -0.15) is 0 Å². The largest absolute Gasteiger partial charge is 1.00 e. The lowest BCUT2D eigenvalue weighted by Gasteiger charge is -2.40. The summed E-state index contributed by atoms with van der Waals surface area (Å²) >= 11 is 0. The highest BCUT2D eigenvalue weighted by molar-refractivity contribution is 7.98. The minimum Gasteiger partial charge on any atom is -1.00 e. The lowest BCUT2D eigenvalue weighted by molar-refractivity contribution is -0.0000134. The van der Waals surface area contributed by atoms with Crippen molar-refractivity contribution in [3.8, 4) is 0 Å². The topological polar surface area (TPSA) is 20.2 Å². The molecule has 0 radical (unpaired) electrons. The molecule has 0 heterocycles. The maximum Gasteiger partial charge on any atom is 0.136 e. The van der Waals surface area contributed by atoms with E-state index in [1.54, 1.807) is 0 Å². The van der Waals surface area contributed by atoms with Crippen molar-refractivity contribution < 1.29 is 22.1 Å². The molecule has 1 fully saturated rings. The first-order chi connectivity index (χ1) is 16.8. The maximum atomic E-state index is 10.3. The molecule has 4 rings (SSSR count). The first-order valence-corrected chi connectivity index (χ1v) is 14.5. The minimum atomic E-state index is -1.98. The highest BCUT2D eigenvalue weighted by Crippen LogP contribution is 2.57. The van der Waals surface area contributed by atoms with E-state index in [0.717, 1.165) is 12.8 Å². The summed E-state index contributed by atoms with van der Waals surface area (Å²) < 4.78 is 0. The number of aliphatic hydroxyl groups is 1. The molecule has 36 heavy (non-hydrogen) atoms. The van der Waals surface area contributed by atoms with E-state index in [1.807, 2.05) is 0 Å². The Bertz CT molecular complexity index is 1100. The van der Waals surface area contributed by atoms with E-state index < -0.39 is 7.26 Å². The van der Waals surface area contributed by atoms with Gasteiger partial charge in [0.15, 0.2) is 0 Å². The van der Waals surface area contributed by atoms with Crippen molar-refractivity contribution in [2.45, 2.75) is 46.6 Å². The van der Waals surface area contributed by atoms with Crippen molar-refractivity contribution >= 4 is 23.2 Å². The molecular formula is C33H38BrOP. The molecule has 3 aromatic carbocycles. The number of aliphatic hydroxyl groups excluding tert-OH is 1. The molecule has 0 aromatic heterocycles. The third-order valence-electron chi connectivity index (χ3n) is 7.26. The number of benzene rings is 3. The number of allylic oxidation sites excluding steroid dienone is 5. The van der Waals surface area contributed by atoms with Gasteiger partial charge in [-0.05, 0) is 79.1 Å². The van der Waals surface area contributed by atoms with Crippen molar-refractivity contribution in [1.29, 1.82) is 0 Å². The summed E-state index contributed by atoms with van der Waals surface area (Å²) in [5, 5.41) is 14.3. The van der Waals surface area contributed by atoms with Crippen molar-refractivity contribution in [2.75, 3.05) is 0 Å². The molecule has 0 amide bonds. The highest BCUT2D eigenvalue weighted by Gasteiger charge is 2.43. The fourth-order valence-corrected chi connectivity index (χ4v) is 9.38. The molecule has 2 atom stereocenters. The summed E-state index contributed by atoms with van der Waals surface area (Å²) in [6, 6.07) is 32.8. The summed E-state index contributed by atoms with van der Waals surface area (Å²) in [5.74, 6) is 2.86. The van der Waals surface area contributed by atoms with Gasteiger partial charge in [0.25, 0.3) is 0 Å². The van der Waals surface area contributed by atoms with Crippen LogP contribution in [0.5, 0.6) is 0 Å². The molecule has 0 saturated heterocycles. The first kappa shape index (κ1) is 28.3. The van der Waals surface area contributed by atoms with Crippen molar-refractivity contribution in [3.05, 3.63) is 126 Å². The van der Waals surface area contributed by atoms with E-state index in [2.05, 4.69) is 143 Å². The fourth-order valence-electron chi connectivity index (χ4n) is 5.58. The van der Waals surface area contributed by atoms with Gasteiger partial charge < -0.3 is 22.1 Å². The van der Waals surface area contributed by atoms with Crippen molar-refractivity contribution in [1.82, 2.24) is 0 Å². The average Bonchev–Trinajstić information content (AvgIpc) is 2.85. The Morgan fingerprint density at radius 1 is 0.833 bits per heavy atom. The Balaban J connectivity index is 0.00000361. The van der Waals surface area contributed by atoms with Crippen LogP contribution in [-0.4, -0.2) is 11.2 Å². The molecule has 0 bridgehead atoms. The van der Waals surface area contributed by atoms with Crippen LogP contribution < -0.4 is 32.9 Å². The van der Waals surface area contributed by atoms with Gasteiger partial charge in [-0.1, -0.05) is 93.1 Å². The van der Waals surface area contributed by atoms with Gasteiger partial charge in [-0.25, -0.2) is 0 Å². The van der Waals surface area contributed by atoms with Gasteiger partial charge in [0.2, 0.25) is 0 Å². The molecule has 1 aliphatic carbocycles. The summed E-state index contributed by atoms with van der Waals surface area (Å²) in [5.41, 5.74) is 2.69. The monoisotopic (exact) mass is 560 g/mol. The van der Waals surface area contributed by atoms with Crippen LogP contribution >= 0.6 is 7.26 Å². The van der Waals surface area contributed by atoms with Crippen LogP contribution in [0.3, 0.4) is 0 Å². The molecule has 1 N–H and O–H groups in total. The van der Waals surface area contributed by atoms with Gasteiger partial charge in [0, 0.05) is 0 Å². The van der Waals surface area contributed by atoms with Crippen LogP contribution in [0.4, 0.5) is 0 Å². The fraction of sp³-hybridized carbons (Fsp3) is 0.273. The standard InChI is InChI=1S/C33H38OP.BrH/c1-26(20-21-32-27(2)24-28(34)25-33(32,3)4)22-23-35(29-14-8-5-9-15-29,30-16-10-6-11-17-30)31-18-12-7-13-19-31;/h5-23,27-28,34H,24-25H2,1-4H3;1H/q+1;/p-1/t27-,28+;/m0./s1. The van der Waals surface area contributed by atoms with Crippen molar-refractivity contribution in [2.24, 2.45) is 11.3 Å². The zero-order chi connectivity index (χ0) is 24.9. The van der Waals surface area contributed by atoms with Crippen LogP contribution in [0.25, 0.3) is 0 Å². The molecule has 0 spiro atoms. The van der Waals surface area contributed by atoms with Crippen molar-refractivity contribution in [3.63, 3.8) is 0 Å². The van der Waals surface area contributed by atoms with Crippen LogP contribution in [0.15, 0.2) is 126 Å². The summed E-state index contributed by atoms with van der Waals surface area (Å²) in [6.07, 6.45) is 8.36. The van der Waals surface area contributed by atoms with E-state index in [-0.39, 0.29) is 28.5 Å². The Labute approximate surface area is 228 Å². The lowest BCUT2D eigenvalue weighted by atomic mass is 9.67. The van der Waals surface area contributed by atoms with Gasteiger partial charge in [0.1, 0.15) is 23.2 Å². The Morgan fingerprint density at radius 3 is 1.69 bits per heavy atom. The second-order valence-corrected chi connectivity index (χ2v) is 13.7. The molecular weight excluding hydrogens is 523 g/mol. The molecule has 1 saturated carbocycles. The smallest absolute Gasteiger partial charge is 0.136 e. The van der Waals surface area contributed by atoms with Gasteiger partial charge in [-0.3, -0.25) is 0 Å². The van der Waals surface area contributed by atoms with E-state index in [0.29, 0.717) is 5.92 Å². The summed E-state index contributed by atoms with van der Waals surface area (Å²) in [6.45, 7) is 8.95.